The largest absolute Gasteiger partial charge is 0.388 e. The molecule has 1 amide bonds. The monoisotopic (exact) mass is 327 g/mol. The summed E-state index contributed by atoms with van der Waals surface area (Å²) < 4.78 is 7.21. The quantitative estimate of drug-likeness (QED) is 0.476. The molecule has 1 fully saturated rings. The third-order valence-electron chi connectivity index (χ3n) is 3.61. The second-order valence-corrected chi connectivity index (χ2v) is 6.08. The lowest BCUT2D eigenvalue weighted by atomic mass is 10.1. The SMILES string of the molecule is CNCc1cn(CC2OC(CC(=O)NC(C)C)C(O)C2O)nn1. The number of rotatable bonds is 7. The lowest BCUT2D eigenvalue weighted by Gasteiger charge is -2.15. The number of carbonyl (C=O) groups excluding carboxylic acids is 1. The van der Waals surface area contributed by atoms with E-state index in [1.807, 2.05) is 20.9 Å². The first-order valence-corrected chi connectivity index (χ1v) is 7.75. The normalized spacial score (nSPS) is 27.6. The highest BCUT2D eigenvalue weighted by atomic mass is 16.5. The van der Waals surface area contributed by atoms with E-state index in [9.17, 15) is 15.0 Å². The topological polar surface area (TPSA) is 122 Å². The van der Waals surface area contributed by atoms with Gasteiger partial charge in [0.2, 0.25) is 5.91 Å². The Morgan fingerprint density at radius 2 is 2.09 bits per heavy atom. The van der Waals surface area contributed by atoms with Crippen LogP contribution in [0.5, 0.6) is 0 Å². The van der Waals surface area contributed by atoms with Crippen LogP contribution in [0.3, 0.4) is 0 Å². The molecule has 2 heterocycles. The minimum absolute atomic E-state index is 0.00919. The van der Waals surface area contributed by atoms with Gasteiger partial charge in [0.15, 0.2) is 0 Å². The maximum Gasteiger partial charge on any atom is 0.222 e. The molecule has 0 spiro atoms. The van der Waals surface area contributed by atoms with Crippen LogP contribution in [0, 0.1) is 0 Å². The molecule has 9 nitrogen and oxygen atoms in total. The van der Waals surface area contributed by atoms with Gasteiger partial charge >= 0.3 is 0 Å². The second kappa shape index (κ2) is 7.82. The van der Waals surface area contributed by atoms with Crippen molar-refractivity contribution in [3.63, 3.8) is 0 Å². The van der Waals surface area contributed by atoms with Crippen LogP contribution in [0.2, 0.25) is 0 Å². The van der Waals surface area contributed by atoms with Gasteiger partial charge < -0.3 is 25.6 Å². The zero-order chi connectivity index (χ0) is 17.0. The van der Waals surface area contributed by atoms with Gasteiger partial charge in [-0.15, -0.1) is 5.10 Å². The van der Waals surface area contributed by atoms with E-state index in [-0.39, 0.29) is 24.9 Å². The molecule has 1 aromatic rings. The molecule has 1 saturated heterocycles. The third kappa shape index (κ3) is 4.71. The van der Waals surface area contributed by atoms with Crippen molar-refractivity contribution in [3.8, 4) is 0 Å². The predicted molar refractivity (Wildman–Crippen MR) is 81.4 cm³/mol. The van der Waals surface area contributed by atoms with Crippen LogP contribution < -0.4 is 10.6 Å². The molecule has 4 N–H and O–H groups in total. The maximum absolute atomic E-state index is 11.8. The van der Waals surface area contributed by atoms with E-state index in [2.05, 4.69) is 20.9 Å². The predicted octanol–water partition coefficient (Wildman–Crippen LogP) is -1.60. The molecule has 1 aliphatic heterocycles. The summed E-state index contributed by atoms with van der Waals surface area (Å²) in [4.78, 5) is 11.8. The van der Waals surface area contributed by atoms with Crippen LogP contribution in [0.1, 0.15) is 26.0 Å². The minimum atomic E-state index is -1.10. The van der Waals surface area contributed by atoms with Gasteiger partial charge in [0.25, 0.3) is 0 Å². The summed E-state index contributed by atoms with van der Waals surface area (Å²) in [5, 5.41) is 33.8. The van der Waals surface area contributed by atoms with E-state index in [0.717, 1.165) is 5.69 Å². The number of aromatic nitrogens is 3. The smallest absolute Gasteiger partial charge is 0.222 e. The molecule has 0 aromatic carbocycles. The van der Waals surface area contributed by atoms with Crippen molar-refractivity contribution in [2.24, 2.45) is 0 Å². The number of ether oxygens (including phenoxy) is 1. The first kappa shape index (κ1) is 17.8. The summed E-state index contributed by atoms with van der Waals surface area (Å²) in [6.07, 6.45) is -1.77. The van der Waals surface area contributed by atoms with E-state index in [4.69, 9.17) is 4.74 Å². The van der Waals surface area contributed by atoms with Crippen molar-refractivity contribution in [2.75, 3.05) is 7.05 Å². The molecule has 4 atom stereocenters. The highest BCUT2D eigenvalue weighted by Crippen LogP contribution is 2.24. The molecule has 0 saturated carbocycles. The van der Waals surface area contributed by atoms with Crippen LogP contribution in [0.15, 0.2) is 6.20 Å². The molecule has 9 heteroatoms. The van der Waals surface area contributed by atoms with E-state index in [1.165, 1.54) is 0 Å². The number of aliphatic hydroxyl groups is 2. The highest BCUT2D eigenvalue weighted by Gasteiger charge is 2.43. The Morgan fingerprint density at radius 1 is 1.39 bits per heavy atom. The number of nitrogens with zero attached hydrogens (tertiary/aromatic N) is 3. The maximum atomic E-state index is 11.8. The van der Waals surface area contributed by atoms with Crippen molar-refractivity contribution < 1.29 is 19.7 Å². The summed E-state index contributed by atoms with van der Waals surface area (Å²) in [6.45, 7) is 4.57. The van der Waals surface area contributed by atoms with Gasteiger partial charge in [0, 0.05) is 18.8 Å². The summed E-state index contributed by atoms with van der Waals surface area (Å²) in [6, 6.07) is 0.0162. The van der Waals surface area contributed by atoms with Crippen LogP contribution in [0.25, 0.3) is 0 Å². The Balaban J connectivity index is 1.92. The Morgan fingerprint density at radius 3 is 2.74 bits per heavy atom. The van der Waals surface area contributed by atoms with Gasteiger partial charge in [0.1, 0.15) is 18.3 Å². The number of carbonyl (C=O) groups is 1. The lowest BCUT2D eigenvalue weighted by molar-refractivity contribution is -0.125. The van der Waals surface area contributed by atoms with Crippen molar-refractivity contribution >= 4 is 5.91 Å². The minimum Gasteiger partial charge on any atom is -0.388 e. The fourth-order valence-electron chi connectivity index (χ4n) is 2.58. The third-order valence-corrected chi connectivity index (χ3v) is 3.61. The average molecular weight is 327 g/mol. The summed E-state index contributed by atoms with van der Waals surface area (Å²) in [5.41, 5.74) is 0.772. The van der Waals surface area contributed by atoms with Crippen molar-refractivity contribution in [2.45, 2.75) is 63.8 Å². The van der Waals surface area contributed by atoms with Crippen LogP contribution in [0.4, 0.5) is 0 Å². The molecule has 0 aliphatic carbocycles. The van der Waals surface area contributed by atoms with Gasteiger partial charge in [-0.05, 0) is 20.9 Å². The Kier molecular flexibility index (Phi) is 6.05. The Bertz CT molecular complexity index is 521. The van der Waals surface area contributed by atoms with E-state index < -0.39 is 24.4 Å². The average Bonchev–Trinajstić information content (AvgIpc) is 3.00. The summed E-state index contributed by atoms with van der Waals surface area (Å²) >= 11 is 0. The standard InChI is InChI=1S/C14H25N5O4/c1-8(2)16-12(20)4-10-13(21)14(22)11(23-10)7-19-6-9(5-15-3)17-18-19/h6,8,10-11,13-15,21-22H,4-5,7H2,1-3H3,(H,16,20). The first-order chi connectivity index (χ1) is 10.9. The van der Waals surface area contributed by atoms with Gasteiger partial charge in [-0.25, -0.2) is 4.68 Å². The van der Waals surface area contributed by atoms with Crippen LogP contribution in [-0.2, 0) is 22.6 Å². The molecule has 23 heavy (non-hydrogen) atoms. The lowest BCUT2D eigenvalue weighted by Crippen LogP contribution is -2.38. The van der Waals surface area contributed by atoms with Gasteiger partial charge in [-0.3, -0.25) is 4.79 Å². The summed E-state index contributed by atoms with van der Waals surface area (Å²) in [7, 11) is 1.81. The van der Waals surface area contributed by atoms with Crippen molar-refractivity contribution in [1.82, 2.24) is 25.6 Å². The molecule has 1 aromatic heterocycles. The number of amides is 1. The first-order valence-electron chi connectivity index (χ1n) is 7.75. The molecule has 0 radical (unpaired) electrons. The molecule has 4 unspecified atom stereocenters. The van der Waals surface area contributed by atoms with E-state index in [0.29, 0.717) is 6.54 Å². The fourth-order valence-corrected chi connectivity index (χ4v) is 2.58. The molecule has 2 rings (SSSR count). The molecule has 130 valence electrons. The fraction of sp³-hybridized carbons (Fsp3) is 0.786. The van der Waals surface area contributed by atoms with Crippen LogP contribution in [-0.4, -0.2) is 68.6 Å². The zero-order valence-corrected chi connectivity index (χ0v) is 13.6. The van der Waals surface area contributed by atoms with Crippen molar-refractivity contribution in [1.29, 1.82) is 0 Å². The Labute approximate surface area is 135 Å². The molecular weight excluding hydrogens is 302 g/mol. The molecular formula is C14H25N5O4. The highest BCUT2D eigenvalue weighted by molar-refractivity contribution is 5.76. The van der Waals surface area contributed by atoms with Gasteiger partial charge in [-0.2, -0.15) is 0 Å². The second-order valence-electron chi connectivity index (χ2n) is 6.08. The number of aliphatic hydroxyl groups excluding tert-OH is 2. The van der Waals surface area contributed by atoms with E-state index in [1.54, 1.807) is 10.9 Å². The summed E-state index contributed by atoms with van der Waals surface area (Å²) in [5.74, 6) is -0.214. The molecule has 1 aliphatic rings. The Hall–Kier alpha value is -1.55. The number of hydrogen-bond acceptors (Lipinski definition) is 7. The van der Waals surface area contributed by atoms with Gasteiger partial charge in [-0.1, -0.05) is 5.21 Å². The zero-order valence-electron chi connectivity index (χ0n) is 13.6. The molecule has 0 bridgehead atoms. The van der Waals surface area contributed by atoms with Crippen LogP contribution >= 0.6 is 0 Å². The number of nitrogens with one attached hydrogen (secondary N) is 2. The van der Waals surface area contributed by atoms with Gasteiger partial charge in [0.05, 0.1) is 24.8 Å². The number of hydrogen-bond donors (Lipinski definition) is 4. The van der Waals surface area contributed by atoms with E-state index >= 15 is 0 Å². The van der Waals surface area contributed by atoms with Crippen molar-refractivity contribution in [3.05, 3.63) is 11.9 Å².